The molecule has 2 heterocycles. The first-order valence-corrected chi connectivity index (χ1v) is 9.33. The van der Waals surface area contributed by atoms with E-state index in [1.165, 1.54) is 11.8 Å². The fourth-order valence-corrected chi connectivity index (χ4v) is 3.62. The Morgan fingerprint density at radius 2 is 1.96 bits per heavy atom. The van der Waals surface area contributed by atoms with Crippen molar-refractivity contribution in [2.75, 3.05) is 0 Å². The third-order valence-corrected chi connectivity index (χ3v) is 5.21. The number of aromatic nitrogens is 1. The maximum Gasteiger partial charge on any atom is 0.299 e. The number of aromatic hydroxyl groups is 1. The Morgan fingerprint density at radius 3 is 2.70 bits per heavy atom. The molecular weight excluding hydrogens is 386 g/mol. The van der Waals surface area contributed by atoms with Gasteiger partial charge >= 0.3 is 0 Å². The van der Waals surface area contributed by atoms with E-state index in [0.29, 0.717) is 21.8 Å². The number of aromatic amines is 1. The van der Waals surface area contributed by atoms with E-state index in [9.17, 15) is 9.90 Å². The molecule has 1 aliphatic rings. The van der Waals surface area contributed by atoms with Gasteiger partial charge in [0.15, 0.2) is 5.69 Å². The summed E-state index contributed by atoms with van der Waals surface area (Å²) in [6.07, 6.45) is 0. The SMILES string of the molecule is CC1SC(=O)NN=C1c1ccc2[nH]c(O)c(N=Nc3ccc(Cl)cc3)c2c1. The number of hydrazone groups is 1. The van der Waals surface area contributed by atoms with E-state index in [1.54, 1.807) is 24.3 Å². The quantitative estimate of drug-likeness (QED) is 0.507. The summed E-state index contributed by atoms with van der Waals surface area (Å²) >= 11 is 7.05. The van der Waals surface area contributed by atoms with Gasteiger partial charge in [-0.3, -0.25) is 4.79 Å². The highest BCUT2D eigenvalue weighted by molar-refractivity contribution is 8.14. The molecule has 136 valence electrons. The minimum atomic E-state index is -0.177. The fraction of sp³-hybridized carbons (Fsp3) is 0.111. The zero-order valence-corrected chi connectivity index (χ0v) is 15.7. The molecule has 0 saturated carbocycles. The average Bonchev–Trinajstić information content (AvgIpc) is 2.96. The molecule has 0 radical (unpaired) electrons. The number of benzene rings is 2. The minimum absolute atomic E-state index is 0.0684. The van der Waals surface area contributed by atoms with Gasteiger partial charge in [-0.25, -0.2) is 5.43 Å². The van der Waals surface area contributed by atoms with Crippen LogP contribution in [0.1, 0.15) is 12.5 Å². The van der Waals surface area contributed by atoms with Crippen molar-refractivity contribution >= 4 is 56.6 Å². The van der Waals surface area contributed by atoms with Crippen molar-refractivity contribution in [2.45, 2.75) is 12.2 Å². The highest BCUT2D eigenvalue weighted by atomic mass is 35.5. The molecule has 3 N–H and O–H groups in total. The van der Waals surface area contributed by atoms with Crippen molar-refractivity contribution in [1.82, 2.24) is 10.4 Å². The fourth-order valence-electron chi connectivity index (χ4n) is 2.78. The van der Waals surface area contributed by atoms with Crippen LogP contribution in [-0.4, -0.2) is 26.3 Å². The molecule has 1 unspecified atom stereocenters. The molecule has 1 amide bonds. The first-order valence-electron chi connectivity index (χ1n) is 8.08. The Hall–Kier alpha value is -2.84. The summed E-state index contributed by atoms with van der Waals surface area (Å²) in [6.45, 7) is 1.92. The predicted octanol–water partition coefficient (Wildman–Crippen LogP) is 5.49. The Labute approximate surface area is 163 Å². The molecule has 1 atom stereocenters. The van der Waals surface area contributed by atoms with Crippen molar-refractivity contribution in [1.29, 1.82) is 0 Å². The molecule has 0 saturated heterocycles. The third kappa shape index (κ3) is 3.54. The normalized spacial score (nSPS) is 17.3. The number of hydrogen-bond donors (Lipinski definition) is 3. The number of fused-ring (bicyclic) bond motifs is 1. The first kappa shape index (κ1) is 17.6. The molecule has 27 heavy (non-hydrogen) atoms. The van der Waals surface area contributed by atoms with Gasteiger partial charge in [0.25, 0.3) is 5.24 Å². The van der Waals surface area contributed by atoms with Crippen LogP contribution in [0.15, 0.2) is 57.8 Å². The van der Waals surface area contributed by atoms with Crippen molar-refractivity contribution in [3.8, 4) is 5.88 Å². The van der Waals surface area contributed by atoms with Crippen LogP contribution in [0.25, 0.3) is 10.9 Å². The van der Waals surface area contributed by atoms with Gasteiger partial charge in [-0.15, -0.1) is 5.11 Å². The van der Waals surface area contributed by atoms with Gasteiger partial charge in [0, 0.05) is 10.4 Å². The Balaban J connectivity index is 1.74. The smallest absolute Gasteiger partial charge is 0.299 e. The van der Waals surface area contributed by atoms with Crippen molar-refractivity contribution in [3.63, 3.8) is 0 Å². The van der Waals surface area contributed by atoms with E-state index >= 15 is 0 Å². The maximum atomic E-state index is 11.4. The van der Waals surface area contributed by atoms with Gasteiger partial charge in [-0.2, -0.15) is 10.2 Å². The molecule has 0 fully saturated rings. The zero-order chi connectivity index (χ0) is 19.0. The van der Waals surface area contributed by atoms with Crippen LogP contribution in [0.5, 0.6) is 5.88 Å². The number of thioether (sulfide) groups is 1. The monoisotopic (exact) mass is 399 g/mol. The molecule has 9 heteroatoms. The lowest BCUT2D eigenvalue weighted by Gasteiger charge is -2.18. The van der Waals surface area contributed by atoms with E-state index in [4.69, 9.17) is 11.6 Å². The van der Waals surface area contributed by atoms with Gasteiger partial charge in [0.1, 0.15) is 0 Å². The topological polar surface area (TPSA) is 102 Å². The van der Waals surface area contributed by atoms with Crippen LogP contribution in [0.2, 0.25) is 5.02 Å². The van der Waals surface area contributed by atoms with Gasteiger partial charge in [0.05, 0.1) is 22.2 Å². The lowest BCUT2D eigenvalue weighted by atomic mass is 10.1. The van der Waals surface area contributed by atoms with Gasteiger partial charge in [-0.1, -0.05) is 29.4 Å². The number of carbonyl (C=O) groups excluding carboxylic acids is 1. The van der Waals surface area contributed by atoms with Crippen LogP contribution in [-0.2, 0) is 0 Å². The second-order valence-corrected chi connectivity index (χ2v) is 7.67. The number of rotatable bonds is 3. The molecule has 1 aliphatic heterocycles. The molecule has 3 aromatic rings. The van der Waals surface area contributed by atoms with Gasteiger partial charge in [-0.05, 0) is 48.9 Å². The Bertz CT molecular complexity index is 1090. The molecule has 7 nitrogen and oxygen atoms in total. The van der Waals surface area contributed by atoms with Crippen LogP contribution >= 0.6 is 23.4 Å². The minimum Gasteiger partial charge on any atom is -0.493 e. The first-order chi connectivity index (χ1) is 13.0. The van der Waals surface area contributed by atoms with E-state index in [2.05, 4.69) is 25.7 Å². The van der Waals surface area contributed by atoms with E-state index < -0.39 is 0 Å². The van der Waals surface area contributed by atoms with Crippen molar-refractivity contribution in [2.24, 2.45) is 15.3 Å². The van der Waals surface area contributed by atoms with Crippen LogP contribution in [0.4, 0.5) is 16.2 Å². The van der Waals surface area contributed by atoms with E-state index in [0.717, 1.165) is 16.8 Å². The van der Waals surface area contributed by atoms with Crippen LogP contribution in [0, 0.1) is 0 Å². The van der Waals surface area contributed by atoms with E-state index in [-0.39, 0.29) is 16.4 Å². The number of hydrogen-bond acceptors (Lipinski definition) is 6. The maximum absolute atomic E-state index is 11.4. The molecule has 0 spiro atoms. The summed E-state index contributed by atoms with van der Waals surface area (Å²) in [5, 5.41) is 23.8. The lowest BCUT2D eigenvalue weighted by molar-refractivity contribution is 0.261. The summed E-state index contributed by atoms with van der Waals surface area (Å²) in [4.78, 5) is 14.3. The standard InChI is InChI=1S/C18H14ClN5O2S/c1-9-15(22-24-18(26)27-9)10-2-7-14-13(8-10)16(17(25)20-14)23-21-12-5-3-11(19)4-6-12/h2-9,20,25H,1H3,(H,24,26). The van der Waals surface area contributed by atoms with Gasteiger partial charge in [0.2, 0.25) is 5.88 Å². The largest absolute Gasteiger partial charge is 0.493 e. The number of carbonyl (C=O) groups is 1. The number of azo groups is 1. The molecular formula is C18H14ClN5O2S. The summed E-state index contributed by atoms with van der Waals surface area (Å²) in [7, 11) is 0. The average molecular weight is 400 g/mol. The van der Waals surface area contributed by atoms with Crippen molar-refractivity contribution in [3.05, 3.63) is 53.1 Å². The summed E-state index contributed by atoms with van der Waals surface area (Å²) in [5.74, 6) is -0.0684. The number of amides is 1. The summed E-state index contributed by atoms with van der Waals surface area (Å²) < 4.78 is 0. The zero-order valence-electron chi connectivity index (χ0n) is 14.1. The summed E-state index contributed by atoms with van der Waals surface area (Å²) in [6, 6.07) is 12.5. The lowest BCUT2D eigenvalue weighted by Crippen LogP contribution is -2.29. The molecule has 0 aliphatic carbocycles. The third-order valence-electron chi connectivity index (χ3n) is 4.08. The number of nitrogens with one attached hydrogen (secondary N) is 2. The van der Waals surface area contributed by atoms with Crippen LogP contribution < -0.4 is 5.43 Å². The number of nitrogens with zero attached hydrogens (tertiary/aromatic N) is 3. The van der Waals surface area contributed by atoms with Crippen LogP contribution in [0.3, 0.4) is 0 Å². The Kier molecular flexibility index (Phi) is 4.59. The Morgan fingerprint density at radius 1 is 1.19 bits per heavy atom. The number of H-pyrrole nitrogens is 1. The van der Waals surface area contributed by atoms with Crippen molar-refractivity contribution < 1.29 is 9.90 Å². The molecule has 1 aromatic heterocycles. The number of halogens is 1. The van der Waals surface area contributed by atoms with E-state index in [1.807, 2.05) is 25.1 Å². The predicted molar refractivity (Wildman–Crippen MR) is 108 cm³/mol. The molecule has 2 aromatic carbocycles. The summed E-state index contributed by atoms with van der Waals surface area (Å²) in [5.41, 5.74) is 5.75. The van der Waals surface area contributed by atoms with Gasteiger partial charge < -0.3 is 10.1 Å². The highest BCUT2D eigenvalue weighted by Gasteiger charge is 2.23. The second-order valence-electron chi connectivity index (χ2n) is 5.92. The molecule has 4 rings (SSSR count). The molecule has 0 bridgehead atoms. The highest BCUT2D eigenvalue weighted by Crippen LogP contribution is 2.37. The second kappa shape index (κ2) is 7.05.